The Morgan fingerprint density at radius 3 is 2.56 bits per heavy atom. The third-order valence-electron chi connectivity index (χ3n) is 0.620. The molecule has 48 valence electrons. The van der Waals surface area contributed by atoms with Crippen molar-refractivity contribution in [1.82, 2.24) is 0 Å². The highest BCUT2D eigenvalue weighted by molar-refractivity contribution is 14.1. The molecular formula is C7H8IN. The highest BCUT2D eigenvalue weighted by Gasteiger charge is 1.74. The lowest BCUT2D eigenvalue weighted by Gasteiger charge is -1.79. The number of allylic oxidation sites excluding steroid dienone is 3. The third-order valence-corrected chi connectivity index (χ3v) is 1.42. The molecule has 9 heavy (non-hydrogen) atoms. The van der Waals surface area contributed by atoms with E-state index in [1.54, 1.807) is 12.3 Å². The first-order chi connectivity index (χ1) is 4.31. The molecule has 0 fully saturated rings. The summed E-state index contributed by atoms with van der Waals surface area (Å²) in [5.74, 6) is 0. The van der Waals surface area contributed by atoms with Crippen LogP contribution >= 0.6 is 22.6 Å². The molecule has 0 unspecified atom stereocenters. The Hall–Kier alpha value is -0.380. The van der Waals surface area contributed by atoms with Crippen LogP contribution in [-0.2, 0) is 0 Å². The fourth-order valence-corrected chi connectivity index (χ4v) is 0.404. The van der Waals surface area contributed by atoms with Crippen molar-refractivity contribution in [3.8, 4) is 0 Å². The van der Waals surface area contributed by atoms with E-state index < -0.39 is 0 Å². The van der Waals surface area contributed by atoms with E-state index in [9.17, 15) is 0 Å². The van der Waals surface area contributed by atoms with Gasteiger partial charge < -0.3 is 0 Å². The van der Waals surface area contributed by atoms with Crippen LogP contribution in [0.1, 0.15) is 0 Å². The molecule has 0 aliphatic heterocycles. The summed E-state index contributed by atoms with van der Waals surface area (Å²) in [5, 5.41) is 0. The Kier molecular flexibility index (Phi) is 5.51. The first-order valence-electron chi connectivity index (χ1n) is 2.43. The summed E-state index contributed by atoms with van der Waals surface area (Å²) in [6.45, 7) is 7.00. The maximum Gasteiger partial charge on any atom is 0.0278 e. The molecular weight excluding hydrogens is 225 g/mol. The summed E-state index contributed by atoms with van der Waals surface area (Å²) in [4.78, 5) is 3.77. The fraction of sp³-hybridized carbons (Fsp3) is 0. The molecule has 0 aliphatic carbocycles. The number of hydrogen-bond acceptors (Lipinski definition) is 1. The summed E-state index contributed by atoms with van der Waals surface area (Å²) in [5.41, 5.74) is 0. The molecule has 0 saturated carbocycles. The van der Waals surface area contributed by atoms with Crippen LogP contribution < -0.4 is 0 Å². The summed E-state index contributed by atoms with van der Waals surface area (Å²) >= 11 is 2.16. The van der Waals surface area contributed by atoms with E-state index in [1.807, 2.05) is 6.08 Å². The maximum atomic E-state index is 3.77. The minimum atomic E-state index is 1.07. The van der Waals surface area contributed by atoms with Crippen LogP contribution in [-0.4, -0.2) is 6.21 Å². The zero-order chi connectivity index (χ0) is 7.11. The zero-order valence-electron chi connectivity index (χ0n) is 5.05. The van der Waals surface area contributed by atoms with Gasteiger partial charge in [0.15, 0.2) is 0 Å². The SMILES string of the molecule is C=C/N=C\C=C(\I)C=C. The molecule has 0 amide bonds. The highest BCUT2D eigenvalue weighted by Crippen LogP contribution is 2.03. The van der Waals surface area contributed by atoms with E-state index in [0.29, 0.717) is 0 Å². The van der Waals surface area contributed by atoms with Gasteiger partial charge in [-0.25, -0.2) is 0 Å². The van der Waals surface area contributed by atoms with E-state index in [-0.39, 0.29) is 0 Å². The predicted molar refractivity (Wildman–Crippen MR) is 51.0 cm³/mol. The summed E-state index contributed by atoms with van der Waals surface area (Å²) in [6.07, 6.45) is 6.78. The first kappa shape index (κ1) is 8.62. The van der Waals surface area contributed by atoms with E-state index in [1.165, 1.54) is 6.20 Å². The molecule has 0 aliphatic rings. The standard InChI is InChI=1S/C7H8IN/c1-3-7(8)5-6-9-4-2/h3-6H,1-2H2/b7-5+,9-6-. The number of rotatable bonds is 3. The van der Waals surface area contributed by atoms with Crippen molar-refractivity contribution >= 4 is 28.8 Å². The van der Waals surface area contributed by atoms with Gasteiger partial charge in [0.2, 0.25) is 0 Å². The molecule has 2 heteroatoms. The van der Waals surface area contributed by atoms with Gasteiger partial charge in [-0.2, -0.15) is 0 Å². The molecule has 0 rings (SSSR count). The van der Waals surface area contributed by atoms with Gasteiger partial charge in [0.25, 0.3) is 0 Å². The molecule has 0 aromatic heterocycles. The third kappa shape index (κ3) is 5.49. The van der Waals surface area contributed by atoms with E-state index in [0.717, 1.165) is 3.58 Å². The number of hydrogen-bond donors (Lipinski definition) is 0. The van der Waals surface area contributed by atoms with Gasteiger partial charge in [0.1, 0.15) is 0 Å². The second kappa shape index (κ2) is 5.75. The van der Waals surface area contributed by atoms with Gasteiger partial charge in [0, 0.05) is 16.0 Å². The van der Waals surface area contributed by atoms with Gasteiger partial charge >= 0.3 is 0 Å². The predicted octanol–water partition coefficient (Wildman–Crippen LogP) is 2.71. The monoisotopic (exact) mass is 233 g/mol. The van der Waals surface area contributed by atoms with Crippen LogP contribution in [0.25, 0.3) is 0 Å². The van der Waals surface area contributed by atoms with Crippen molar-refractivity contribution in [2.24, 2.45) is 4.99 Å². The van der Waals surface area contributed by atoms with Crippen LogP contribution in [0.2, 0.25) is 0 Å². The first-order valence-corrected chi connectivity index (χ1v) is 3.51. The molecule has 0 spiro atoms. The van der Waals surface area contributed by atoms with Crippen molar-refractivity contribution in [3.05, 3.63) is 35.1 Å². The van der Waals surface area contributed by atoms with Gasteiger partial charge in [-0.05, 0) is 28.7 Å². The normalized spacial score (nSPS) is 11.9. The molecule has 0 radical (unpaired) electrons. The minimum Gasteiger partial charge on any atom is -0.265 e. The van der Waals surface area contributed by atoms with E-state index in [2.05, 4.69) is 40.7 Å². The number of aliphatic imine (C=N–C) groups is 1. The van der Waals surface area contributed by atoms with Crippen LogP contribution in [0.15, 0.2) is 40.1 Å². The van der Waals surface area contributed by atoms with Crippen molar-refractivity contribution in [1.29, 1.82) is 0 Å². The average molecular weight is 233 g/mol. The number of nitrogens with zero attached hydrogens (tertiary/aromatic N) is 1. The van der Waals surface area contributed by atoms with Crippen molar-refractivity contribution in [2.45, 2.75) is 0 Å². The van der Waals surface area contributed by atoms with Crippen molar-refractivity contribution in [2.75, 3.05) is 0 Å². The topological polar surface area (TPSA) is 12.4 Å². The number of halogens is 1. The smallest absolute Gasteiger partial charge is 0.0278 e. The molecule has 0 heterocycles. The summed E-state index contributed by atoms with van der Waals surface area (Å²) in [6, 6.07) is 0. The summed E-state index contributed by atoms with van der Waals surface area (Å²) < 4.78 is 1.07. The quantitative estimate of drug-likeness (QED) is 0.403. The second-order valence-corrected chi connectivity index (χ2v) is 2.48. The lowest BCUT2D eigenvalue weighted by molar-refractivity contribution is 1.63. The Morgan fingerprint density at radius 2 is 2.11 bits per heavy atom. The Morgan fingerprint density at radius 1 is 1.44 bits per heavy atom. The van der Waals surface area contributed by atoms with Crippen molar-refractivity contribution < 1.29 is 0 Å². The van der Waals surface area contributed by atoms with Gasteiger partial charge in [-0.1, -0.05) is 19.2 Å². The second-order valence-electron chi connectivity index (χ2n) is 1.24. The molecule has 0 atom stereocenters. The van der Waals surface area contributed by atoms with E-state index in [4.69, 9.17) is 0 Å². The van der Waals surface area contributed by atoms with Gasteiger partial charge in [-0.3, -0.25) is 4.99 Å². The maximum absolute atomic E-state index is 3.77. The Bertz CT molecular complexity index is 156. The average Bonchev–Trinajstić information content (AvgIpc) is 1.89. The molecule has 0 aromatic rings. The summed E-state index contributed by atoms with van der Waals surface area (Å²) in [7, 11) is 0. The van der Waals surface area contributed by atoms with Crippen LogP contribution in [0.4, 0.5) is 0 Å². The molecule has 0 bridgehead atoms. The fourth-order valence-electron chi connectivity index (χ4n) is 0.243. The van der Waals surface area contributed by atoms with Crippen LogP contribution in [0.5, 0.6) is 0 Å². The van der Waals surface area contributed by atoms with E-state index >= 15 is 0 Å². The molecule has 0 saturated heterocycles. The Labute approximate surface area is 69.0 Å². The lowest BCUT2D eigenvalue weighted by atomic mass is 10.5. The molecule has 1 nitrogen and oxygen atoms in total. The van der Waals surface area contributed by atoms with Crippen molar-refractivity contribution in [3.63, 3.8) is 0 Å². The largest absolute Gasteiger partial charge is 0.265 e. The molecule has 0 N–H and O–H groups in total. The highest BCUT2D eigenvalue weighted by atomic mass is 127. The van der Waals surface area contributed by atoms with Gasteiger partial charge in [-0.15, -0.1) is 0 Å². The molecule has 0 aromatic carbocycles. The van der Waals surface area contributed by atoms with Crippen LogP contribution in [0, 0.1) is 0 Å². The van der Waals surface area contributed by atoms with Gasteiger partial charge in [0.05, 0.1) is 0 Å². The minimum absolute atomic E-state index is 1.07. The zero-order valence-corrected chi connectivity index (χ0v) is 7.21. The lowest BCUT2D eigenvalue weighted by Crippen LogP contribution is -1.63. The van der Waals surface area contributed by atoms with Crippen LogP contribution in [0.3, 0.4) is 0 Å². The Balaban J connectivity index is 3.81.